The quantitative estimate of drug-likeness (QED) is 0.338. The molecule has 0 saturated carbocycles. The Hall–Kier alpha value is -1.89. The van der Waals surface area contributed by atoms with Crippen LogP contribution in [0.25, 0.3) is 11.1 Å². The third kappa shape index (κ3) is 7.63. The average Bonchev–Trinajstić information content (AvgIpc) is 3.47. The normalized spacial score (nSPS) is 14.8. The third-order valence-corrected chi connectivity index (χ3v) is 8.42. The molecule has 0 fully saturated rings. The van der Waals surface area contributed by atoms with Gasteiger partial charge in [-0.1, -0.05) is 60.7 Å². The molecule has 0 N–H and O–H groups in total. The Morgan fingerprint density at radius 1 is 0.613 bits per heavy atom. The van der Waals surface area contributed by atoms with Gasteiger partial charge in [0.25, 0.3) is 0 Å². The molecule has 0 unspecified atom stereocenters. The van der Waals surface area contributed by atoms with E-state index in [0.29, 0.717) is 0 Å². The molecule has 31 heavy (non-hydrogen) atoms. The fourth-order valence-corrected chi connectivity index (χ4v) is 6.42. The molecule has 0 aliphatic heterocycles. The van der Waals surface area contributed by atoms with Crippen LogP contribution < -0.4 is 0 Å². The molecular formula is C30H36Ti. The van der Waals surface area contributed by atoms with Crippen molar-refractivity contribution in [3.63, 3.8) is 0 Å². The summed E-state index contributed by atoms with van der Waals surface area (Å²) >= 11 is -0.0137. The molecule has 0 heterocycles. The van der Waals surface area contributed by atoms with Crippen LogP contribution >= 0.6 is 0 Å². The molecule has 0 radical (unpaired) electrons. The molecule has 0 bridgehead atoms. The number of unbranched alkanes of at least 4 members (excludes halogenated alkanes) is 2. The van der Waals surface area contributed by atoms with Crippen molar-refractivity contribution in [3.8, 4) is 11.1 Å². The average molecular weight is 444 g/mol. The van der Waals surface area contributed by atoms with Crippen molar-refractivity contribution in [1.29, 1.82) is 0 Å². The molecule has 2 aliphatic rings. The molecule has 4 rings (SSSR count). The van der Waals surface area contributed by atoms with Crippen LogP contribution in [0.3, 0.4) is 0 Å². The molecule has 0 nitrogen and oxygen atoms in total. The Kier molecular flexibility index (Phi) is 10.4. The summed E-state index contributed by atoms with van der Waals surface area (Å²) in [6.45, 7) is 4.59. The molecule has 1 heteroatoms. The van der Waals surface area contributed by atoms with E-state index in [1.54, 1.807) is 11.1 Å². The van der Waals surface area contributed by atoms with Crippen molar-refractivity contribution >= 4 is 0 Å². The van der Waals surface area contributed by atoms with E-state index in [4.69, 9.17) is 0 Å². The number of rotatable bonds is 9. The fraction of sp³-hybridized carbons (Fsp3) is 0.333. The van der Waals surface area contributed by atoms with E-state index in [1.807, 2.05) is 19.9 Å². The van der Waals surface area contributed by atoms with Gasteiger partial charge in [0.15, 0.2) is 0 Å². The Morgan fingerprint density at radius 2 is 1.03 bits per heavy atom. The van der Waals surface area contributed by atoms with Gasteiger partial charge in [-0.25, -0.2) is 0 Å². The van der Waals surface area contributed by atoms with Gasteiger partial charge >= 0.3 is 128 Å². The van der Waals surface area contributed by atoms with E-state index in [9.17, 15) is 0 Å². The molecule has 0 spiro atoms. The number of allylic oxidation sites excluding steroid dienone is 8. The maximum Gasteiger partial charge on any atom is -0.0184 e. The van der Waals surface area contributed by atoms with Crippen LogP contribution in [0.4, 0.5) is 0 Å². The third-order valence-electron chi connectivity index (χ3n) is 5.84. The van der Waals surface area contributed by atoms with Crippen molar-refractivity contribution in [2.45, 2.75) is 65.2 Å². The van der Waals surface area contributed by atoms with Gasteiger partial charge in [-0.15, -0.1) is 0 Å². The maximum absolute atomic E-state index is 2.41. The van der Waals surface area contributed by atoms with Gasteiger partial charge < -0.3 is 0 Å². The second-order valence-corrected chi connectivity index (χ2v) is 10.6. The first-order chi connectivity index (χ1) is 15.3. The first kappa shape index (κ1) is 23.8. The van der Waals surface area contributed by atoms with Crippen LogP contribution in [0.5, 0.6) is 0 Å². The second-order valence-electron chi connectivity index (χ2n) is 8.28. The van der Waals surface area contributed by atoms with Gasteiger partial charge in [0.2, 0.25) is 0 Å². The van der Waals surface area contributed by atoms with Crippen LogP contribution in [-0.2, 0) is 19.2 Å². The summed E-state index contributed by atoms with van der Waals surface area (Å²) < 4.78 is 3.64. The molecular weight excluding hydrogens is 408 g/mol. The van der Waals surface area contributed by atoms with E-state index < -0.39 is 0 Å². The van der Waals surface area contributed by atoms with Crippen molar-refractivity contribution < 1.29 is 19.2 Å². The number of benzene rings is 2. The monoisotopic (exact) mass is 444 g/mol. The minimum atomic E-state index is -0.0137. The Labute approximate surface area is 198 Å². The second kappa shape index (κ2) is 13.5. The number of hydrogen-bond donors (Lipinski definition) is 0. The summed E-state index contributed by atoms with van der Waals surface area (Å²) in [5.74, 6) is 0. The van der Waals surface area contributed by atoms with Crippen molar-refractivity contribution in [2.75, 3.05) is 0 Å². The topological polar surface area (TPSA) is 0 Å². The predicted octanol–water partition coefficient (Wildman–Crippen LogP) is 9.23. The Balaban J connectivity index is 0.000000194. The summed E-state index contributed by atoms with van der Waals surface area (Å²) in [5, 5.41) is 0. The van der Waals surface area contributed by atoms with Crippen LogP contribution in [0.15, 0.2) is 104 Å². The zero-order chi connectivity index (χ0) is 21.7. The van der Waals surface area contributed by atoms with Crippen molar-refractivity contribution in [3.05, 3.63) is 104 Å². The van der Waals surface area contributed by atoms with Crippen LogP contribution in [0.1, 0.15) is 65.2 Å². The fourth-order valence-electron chi connectivity index (χ4n) is 4.01. The first-order valence-electron chi connectivity index (χ1n) is 12.0. The summed E-state index contributed by atoms with van der Waals surface area (Å²) in [6.07, 6.45) is 20.1. The SMILES string of the molecule is CCCCC1=[C]([Ti][C]2=C(CCCC)C=CC2)CC=C1.c1ccc(-c2ccccc2)cc1. The van der Waals surface area contributed by atoms with Gasteiger partial charge in [0, 0.05) is 0 Å². The summed E-state index contributed by atoms with van der Waals surface area (Å²) in [6, 6.07) is 20.8. The van der Waals surface area contributed by atoms with Gasteiger partial charge in [-0.05, 0) is 11.1 Å². The molecule has 0 saturated heterocycles. The van der Waals surface area contributed by atoms with Crippen LogP contribution in [0.2, 0.25) is 0 Å². The summed E-state index contributed by atoms with van der Waals surface area (Å²) in [4.78, 5) is 0. The first-order valence-corrected chi connectivity index (χ1v) is 13.5. The van der Waals surface area contributed by atoms with E-state index in [0.717, 1.165) is 0 Å². The molecule has 2 aromatic carbocycles. The zero-order valence-corrected chi connectivity index (χ0v) is 20.8. The van der Waals surface area contributed by atoms with E-state index in [2.05, 4.69) is 86.7 Å². The molecule has 0 amide bonds. The zero-order valence-electron chi connectivity index (χ0n) is 19.2. The van der Waals surface area contributed by atoms with Crippen molar-refractivity contribution in [2.24, 2.45) is 0 Å². The maximum atomic E-state index is 2.41. The van der Waals surface area contributed by atoms with E-state index >= 15 is 0 Å². The van der Waals surface area contributed by atoms with E-state index in [-0.39, 0.29) is 19.2 Å². The molecule has 0 atom stereocenters. The Morgan fingerprint density at radius 3 is 1.42 bits per heavy atom. The summed E-state index contributed by atoms with van der Waals surface area (Å²) in [7, 11) is 0. The molecule has 160 valence electrons. The molecule has 0 aromatic heterocycles. The van der Waals surface area contributed by atoms with E-state index in [1.165, 1.54) is 62.5 Å². The van der Waals surface area contributed by atoms with Gasteiger partial charge in [0.05, 0.1) is 0 Å². The van der Waals surface area contributed by atoms with Gasteiger partial charge in [0.1, 0.15) is 0 Å². The minimum Gasteiger partial charge on any atom is -0.0622 e. The largest absolute Gasteiger partial charge is 0.0622 e. The Bertz CT molecular complexity index is 836. The molecule has 2 aliphatic carbocycles. The smallest absolute Gasteiger partial charge is 0.0184 e. The molecule has 2 aromatic rings. The summed E-state index contributed by atoms with van der Waals surface area (Å²) in [5.41, 5.74) is 5.93. The number of hydrogen-bond acceptors (Lipinski definition) is 0. The van der Waals surface area contributed by atoms with Crippen molar-refractivity contribution in [1.82, 2.24) is 0 Å². The van der Waals surface area contributed by atoms with Gasteiger partial charge in [-0.2, -0.15) is 0 Å². The predicted molar refractivity (Wildman–Crippen MR) is 132 cm³/mol. The van der Waals surface area contributed by atoms with Gasteiger partial charge in [-0.3, -0.25) is 0 Å². The van der Waals surface area contributed by atoms with Crippen LogP contribution in [0, 0.1) is 0 Å². The standard InChI is InChI=1S/C12H10.2C9H13.Ti/c1-3-7-11(8-4-1)12-9-5-2-6-10-12;2*1-2-3-6-9-7-4-5-8-9;/h1-10H;2*4,7H,2-3,5-6H2,1H3;. The van der Waals surface area contributed by atoms with Crippen LogP contribution in [-0.4, -0.2) is 0 Å². The minimum absolute atomic E-state index is 0.0137.